The van der Waals surface area contributed by atoms with Crippen LogP contribution < -0.4 is 5.32 Å². The zero-order valence-electron chi connectivity index (χ0n) is 8.11. The molecule has 1 aromatic carbocycles. The zero-order valence-corrected chi connectivity index (χ0v) is 9.70. The number of rotatable bonds is 1. The predicted molar refractivity (Wildman–Crippen MR) is 58.8 cm³/mol. The van der Waals surface area contributed by atoms with Gasteiger partial charge in [-0.3, -0.25) is 0 Å². The number of hydrogen-bond donors (Lipinski definition) is 1. The van der Waals surface area contributed by atoms with E-state index in [9.17, 15) is 4.39 Å². The molecule has 0 radical (unpaired) electrons. The minimum Gasteiger partial charge on any atom is -0.310 e. The first-order chi connectivity index (χ1) is 6.70. The third-order valence-corrected chi connectivity index (χ3v) is 3.55. The molecule has 1 unspecified atom stereocenters. The highest BCUT2D eigenvalue weighted by Crippen LogP contribution is 2.32. The summed E-state index contributed by atoms with van der Waals surface area (Å²) in [5, 5.41) is 3.36. The molecule has 0 aromatic heterocycles. The first-order valence-electron chi connectivity index (χ1n) is 4.88. The summed E-state index contributed by atoms with van der Waals surface area (Å²) >= 11 is 3.33. The molecule has 1 aromatic rings. The van der Waals surface area contributed by atoms with Gasteiger partial charge in [0.25, 0.3) is 0 Å². The summed E-state index contributed by atoms with van der Waals surface area (Å²) in [4.78, 5) is 0. The van der Waals surface area contributed by atoms with Crippen LogP contribution in [0.1, 0.15) is 30.0 Å². The highest BCUT2D eigenvalue weighted by molar-refractivity contribution is 9.10. The van der Waals surface area contributed by atoms with Crippen molar-refractivity contribution in [1.29, 1.82) is 0 Å². The molecule has 1 aliphatic rings. The molecule has 0 spiro atoms. The quantitative estimate of drug-likeness (QED) is 0.814. The predicted octanol–water partition coefficient (Wildman–Crippen LogP) is 3.32. The van der Waals surface area contributed by atoms with Crippen molar-refractivity contribution in [2.24, 2.45) is 0 Å². The lowest BCUT2D eigenvalue weighted by Crippen LogP contribution is -2.13. The van der Waals surface area contributed by atoms with Gasteiger partial charge in [0.1, 0.15) is 5.82 Å². The molecule has 1 nitrogen and oxygen atoms in total. The molecule has 0 bridgehead atoms. The van der Waals surface area contributed by atoms with Crippen LogP contribution in [-0.4, -0.2) is 6.54 Å². The van der Waals surface area contributed by atoms with Gasteiger partial charge in [-0.05, 0) is 53.4 Å². The van der Waals surface area contributed by atoms with Crippen LogP contribution in [0.15, 0.2) is 16.6 Å². The van der Waals surface area contributed by atoms with E-state index < -0.39 is 0 Å². The maximum absolute atomic E-state index is 13.6. The second kappa shape index (κ2) is 3.99. The van der Waals surface area contributed by atoms with E-state index in [-0.39, 0.29) is 5.82 Å². The lowest BCUT2D eigenvalue weighted by molar-refractivity contribution is 0.591. The van der Waals surface area contributed by atoms with Crippen LogP contribution in [0.4, 0.5) is 4.39 Å². The van der Waals surface area contributed by atoms with Crippen LogP contribution in [0.25, 0.3) is 0 Å². The maximum atomic E-state index is 13.6. The van der Waals surface area contributed by atoms with Crippen LogP contribution in [0.2, 0.25) is 0 Å². The Bertz CT molecular complexity index is 345. The summed E-state index contributed by atoms with van der Waals surface area (Å²) in [5.74, 6) is -0.129. The highest BCUT2D eigenvalue weighted by atomic mass is 79.9. The van der Waals surface area contributed by atoms with Gasteiger partial charge in [0, 0.05) is 6.04 Å². The molecular formula is C11H13BrFN. The molecule has 2 rings (SSSR count). The smallest absolute Gasteiger partial charge is 0.140 e. The van der Waals surface area contributed by atoms with Crippen molar-refractivity contribution in [1.82, 2.24) is 5.32 Å². The molecule has 1 N–H and O–H groups in total. The molecule has 3 heteroatoms. The SMILES string of the molecule is Cc1ccc(C2CCCN2)c(Br)c1F. The van der Waals surface area contributed by atoms with Crippen LogP contribution in [0.5, 0.6) is 0 Å². The molecule has 0 aliphatic carbocycles. The Kier molecular flexibility index (Phi) is 2.88. The van der Waals surface area contributed by atoms with E-state index in [0.717, 1.165) is 18.5 Å². The molecule has 0 amide bonds. The molecule has 1 aliphatic heterocycles. The van der Waals surface area contributed by atoms with Crippen molar-refractivity contribution >= 4 is 15.9 Å². The van der Waals surface area contributed by atoms with Gasteiger partial charge < -0.3 is 5.32 Å². The fourth-order valence-electron chi connectivity index (χ4n) is 1.88. The zero-order chi connectivity index (χ0) is 10.1. The normalized spacial score (nSPS) is 21.5. The molecular weight excluding hydrogens is 245 g/mol. The monoisotopic (exact) mass is 257 g/mol. The van der Waals surface area contributed by atoms with Crippen molar-refractivity contribution in [3.05, 3.63) is 33.5 Å². The standard InChI is InChI=1S/C11H13BrFN/c1-7-4-5-8(10(12)11(7)13)9-3-2-6-14-9/h4-5,9,14H,2-3,6H2,1H3. The average molecular weight is 258 g/mol. The molecule has 14 heavy (non-hydrogen) atoms. The van der Waals surface area contributed by atoms with Gasteiger partial charge in [0.15, 0.2) is 0 Å². The van der Waals surface area contributed by atoms with E-state index in [1.165, 1.54) is 6.42 Å². The Morgan fingerprint density at radius 1 is 1.50 bits per heavy atom. The maximum Gasteiger partial charge on any atom is 0.140 e. The second-order valence-corrected chi connectivity index (χ2v) is 4.54. The van der Waals surface area contributed by atoms with E-state index in [2.05, 4.69) is 21.2 Å². The van der Waals surface area contributed by atoms with E-state index in [0.29, 0.717) is 16.1 Å². The Morgan fingerprint density at radius 3 is 2.93 bits per heavy atom. The van der Waals surface area contributed by atoms with Crippen molar-refractivity contribution in [2.75, 3.05) is 6.54 Å². The van der Waals surface area contributed by atoms with E-state index in [1.54, 1.807) is 6.92 Å². The Morgan fingerprint density at radius 2 is 2.29 bits per heavy atom. The van der Waals surface area contributed by atoms with Crippen LogP contribution in [0, 0.1) is 12.7 Å². The molecule has 1 heterocycles. The summed E-state index contributed by atoms with van der Waals surface area (Å²) in [6.07, 6.45) is 2.27. The highest BCUT2D eigenvalue weighted by Gasteiger charge is 2.20. The van der Waals surface area contributed by atoms with Crippen molar-refractivity contribution in [3.8, 4) is 0 Å². The van der Waals surface area contributed by atoms with E-state index in [4.69, 9.17) is 0 Å². The van der Waals surface area contributed by atoms with Crippen molar-refractivity contribution in [3.63, 3.8) is 0 Å². The number of aryl methyl sites for hydroxylation is 1. The molecule has 1 fully saturated rings. The Balaban J connectivity index is 2.38. The van der Waals surface area contributed by atoms with Gasteiger partial charge in [0.2, 0.25) is 0 Å². The lowest BCUT2D eigenvalue weighted by atomic mass is 10.0. The van der Waals surface area contributed by atoms with Gasteiger partial charge in [-0.2, -0.15) is 0 Å². The fourth-order valence-corrected chi connectivity index (χ4v) is 2.60. The minimum atomic E-state index is -0.129. The molecule has 76 valence electrons. The lowest BCUT2D eigenvalue weighted by Gasteiger charge is -2.14. The third kappa shape index (κ3) is 1.71. The van der Waals surface area contributed by atoms with Crippen molar-refractivity contribution in [2.45, 2.75) is 25.8 Å². The van der Waals surface area contributed by atoms with E-state index in [1.807, 2.05) is 12.1 Å². The first-order valence-corrected chi connectivity index (χ1v) is 5.67. The number of nitrogens with one attached hydrogen (secondary N) is 1. The Hall–Kier alpha value is -0.410. The topological polar surface area (TPSA) is 12.0 Å². The molecule has 0 saturated carbocycles. The summed E-state index contributed by atoms with van der Waals surface area (Å²) in [5.41, 5.74) is 1.74. The second-order valence-electron chi connectivity index (χ2n) is 3.75. The van der Waals surface area contributed by atoms with Crippen LogP contribution >= 0.6 is 15.9 Å². The van der Waals surface area contributed by atoms with Gasteiger partial charge in [0.05, 0.1) is 4.47 Å². The average Bonchev–Trinajstić information content (AvgIpc) is 2.67. The van der Waals surface area contributed by atoms with Gasteiger partial charge in [-0.15, -0.1) is 0 Å². The van der Waals surface area contributed by atoms with Gasteiger partial charge in [-0.1, -0.05) is 12.1 Å². The number of benzene rings is 1. The Labute approximate surface area is 91.8 Å². The molecule has 1 atom stereocenters. The largest absolute Gasteiger partial charge is 0.310 e. The summed E-state index contributed by atoms with van der Waals surface area (Å²) < 4.78 is 14.2. The van der Waals surface area contributed by atoms with Crippen LogP contribution in [0.3, 0.4) is 0 Å². The molecule has 1 saturated heterocycles. The summed E-state index contributed by atoms with van der Waals surface area (Å²) in [6, 6.07) is 4.17. The van der Waals surface area contributed by atoms with Gasteiger partial charge >= 0.3 is 0 Å². The van der Waals surface area contributed by atoms with E-state index >= 15 is 0 Å². The minimum absolute atomic E-state index is 0.129. The third-order valence-electron chi connectivity index (χ3n) is 2.74. The van der Waals surface area contributed by atoms with Gasteiger partial charge in [-0.25, -0.2) is 4.39 Å². The van der Waals surface area contributed by atoms with Crippen LogP contribution in [-0.2, 0) is 0 Å². The number of hydrogen-bond acceptors (Lipinski definition) is 1. The first kappa shape index (κ1) is 10.1. The van der Waals surface area contributed by atoms with Crippen molar-refractivity contribution < 1.29 is 4.39 Å². The fraction of sp³-hybridized carbons (Fsp3) is 0.455. The summed E-state index contributed by atoms with van der Waals surface area (Å²) in [7, 11) is 0. The summed E-state index contributed by atoms with van der Waals surface area (Å²) in [6.45, 7) is 2.82. The number of halogens is 2.